The molecule has 0 saturated heterocycles. The van der Waals surface area contributed by atoms with Crippen LogP contribution in [0.15, 0.2) is 42.5 Å². The molecule has 0 radical (unpaired) electrons. The third kappa shape index (κ3) is 4.89. The van der Waals surface area contributed by atoms with Crippen LogP contribution in [0, 0.1) is 0 Å². The SMILES string of the molecule is COc1cccc(OC)c1C(=O)OCC(=O)N[C@H](C)c1ccc(Cl)cc1. The molecule has 7 heteroatoms. The van der Waals surface area contributed by atoms with E-state index < -0.39 is 18.5 Å². The molecule has 0 saturated carbocycles. The molecule has 0 aliphatic carbocycles. The Morgan fingerprint density at radius 2 is 1.62 bits per heavy atom. The molecule has 26 heavy (non-hydrogen) atoms. The van der Waals surface area contributed by atoms with Gasteiger partial charge in [0, 0.05) is 5.02 Å². The number of halogens is 1. The highest BCUT2D eigenvalue weighted by Gasteiger charge is 2.21. The Morgan fingerprint density at radius 3 is 2.15 bits per heavy atom. The minimum absolute atomic E-state index is 0.135. The first-order chi connectivity index (χ1) is 12.5. The van der Waals surface area contributed by atoms with Gasteiger partial charge in [-0.3, -0.25) is 4.79 Å². The van der Waals surface area contributed by atoms with Crippen LogP contribution in [0.4, 0.5) is 0 Å². The van der Waals surface area contributed by atoms with E-state index in [9.17, 15) is 9.59 Å². The predicted octanol–water partition coefficient (Wildman–Crippen LogP) is 3.39. The van der Waals surface area contributed by atoms with Crippen LogP contribution >= 0.6 is 11.6 Å². The molecule has 0 bridgehead atoms. The van der Waals surface area contributed by atoms with E-state index in [1.165, 1.54) is 14.2 Å². The first-order valence-electron chi connectivity index (χ1n) is 7.89. The fourth-order valence-corrected chi connectivity index (χ4v) is 2.50. The average Bonchev–Trinajstić information content (AvgIpc) is 2.65. The van der Waals surface area contributed by atoms with Gasteiger partial charge in [0.15, 0.2) is 6.61 Å². The molecule has 1 N–H and O–H groups in total. The third-order valence-electron chi connectivity index (χ3n) is 3.71. The van der Waals surface area contributed by atoms with Gasteiger partial charge in [-0.1, -0.05) is 29.8 Å². The van der Waals surface area contributed by atoms with Gasteiger partial charge < -0.3 is 19.5 Å². The number of carbonyl (C=O) groups is 2. The van der Waals surface area contributed by atoms with Crippen molar-refractivity contribution in [1.29, 1.82) is 0 Å². The fraction of sp³-hybridized carbons (Fsp3) is 0.263. The molecule has 1 amide bonds. The lowest BCUT2D eigenvalue weighted by Crippen LogP contribution is -2.31. The number of esters is 1. The molecule has 6 nitrogen and oxygen atoms in total. The number of rotatable bonds is 7. The molecule has 0 heterocycles. The molecular formula is C19H20ClNO5. The summed E-state index contributed by atoms with van der Waals surface area (Å²) in [5.41, 5.74) is 1.02. The van der Waals surface area contributed by atoms with E-state index in [1.807, 2.05) is 19.1 Å². The molecule has 138 valence electrons. The van der Waals surface area contributed by atoms with Crippen LogP contribution in [-0.2, 0) is 9.53 Å². The minimum Gasteiger partial charge on any atom is -0.496 e. The summed E-state index contributed by atoms with van der Waals surface area (Å²) in [7, 11) is 2.87. The van der Waals surface area contributed by atoms with Crippen molar-refractivity contribution in [1.82, 2.24) is 5.32 Å². The third-order valence-corrected chi connectivity index (χ3v) is 3.97. The summed E-state index contributed by atoms with van der Waals surface area (Å²) in [5.74, 6) is -0.503. The van der Waals surface area contributed by atoms with Gasteiger partial charge in [-0.25, -0.2) is 4.79 Å². The first kappa shape index (κ1) is 19.6. The molecule has 1 atom stereocenters. The lowest BCUT2D eigenvalue weighted by Gasteiger charge is -2.15. The second-order valence-electron chi connectivity index (χ2n) is 5.45. The number of amides is 1. The number of carbonyl (C=O) groups excluding carboxylic acids is 2. The average molecular weight is 378 g/mol. The summed E-state index contributed by atoms with van der Waals surface area (Å²) in [6, 6.07) is 11.8. The molecule has 0 aromatic heterocycles. The number of hydrogen-bond acceptors (Lipinski definition) is 5. The molecule has 0 aliphatic heterocycles. The van der Waals surface area contributed by atoms with Crippen molar-refractivity contribution in [3.8, 4) is 11.5 Å². The second-order valence-corrected chi connectivity index (χ2v) is 5.89. The number of nitrogens with one attached hydrogen (secondary N) is 1. The van der Waals surface area contributed by atoms with Crippen LogP contribution in [0.1, 0.15) is 28.9 Å². The zero-order chi connectivity index (χ0) is 19.1. The molecule has 0 spiro atoms. The van der Waals surface area contributed by atoms with Gasteiger partial charge in [0.1, 0.15) is 17.1 Å². The van der Waals surface area contributed by atoms with Crippen LogP contribution in [-0.4, -0.2) is 32.7 Å². The number of hydrogen-bond donors (Lipinski definition) is 1. The van der Waals surface area contributed by atoms with Crippen molar-refractivity contribution in [2.45, 2.75) is 13.0 Å². The van der Waals surface area contributed by atoms with Crippen molar-refractivity contribution in [3.63, 3.8) is 0 Å². The van der Waals surface area contributed by atoms with Crippen LogP contribution < -0.4 is 14.8 Å². The standard InChI is InChI=1S/C19H20ClNO5/c1-12(13-7-9-14(20)10-8-13)21-17(22)11-26-19(23)18-15(24-2)5-4-6-16(18)25-3/h4-10,12H,11H2,1-3H3,(H,21,22)/t12-/m1/s1. The van der Waals surface area contributed by atoms with E-state index in [-0.39, 0.29) is 11.6 Å². The van der Waals surface area contributed by atoms with E-state index in [0.717, 1.165) is 5.56 Å². The van der Waals surface area contributed by atoms with Crippen molar-refractivity contribution >= 4 is 23.5 Å². The maximum Gasteiger partial charge on any atom is 0.346 e. The van der Waals surface area contributed by atoms with E-state index >= 15 is 0 Å². The zero-order valence-corrected chi connectivity index (χ0v) is 15.5. The summed E-state index contributed by atoms with van der Waals surface area (Å²) in [6.07, 6.45) is 0. The Bertz CT molecular complexity index is 754. The maximum absolute atomic E-state index is 12.3. The highest BCUT2D eigenvalue weighted by atomic mass is 35.5. The Morgan fingerprint density at radius 1 is 1.04 bits per heavy atom. The molecule has 2 aromatic rings. The highest BCUT2D eigenvalue weighted by molar-refractivity contribution is 6.30. The largest absolute Gasteiger partial charge is 0.496 e. The predicted molar refractivity (Wildman–Crippen MR) is 97.8 cm³/mol. The van der Waals surface area contributed by atoms with Gasteiger partial charge in [0.25, 0.3) is 5.91 Å². The van der Waals surface area contributed by atoms with Gasteiger partial charge in [-0.05, 0) is 36.8 Å². The Kier molecular flexibility index (Phi) is 6.86. The molecule has 2 aromatic carbocycles. The summed E-state index contributed by atoms with van der Waals surface area (Å²) in [5, 5.41) is 3.38. The molecule has 0 unspecified atom stereocenters. The topological polar surface area (TPSA) is 73.9 Å². The van der Waals surface area contributed by atoms with Crippen LogP contribution in [0.25, 0.3) is 0 Å². The zero-order valence-electron chi connectivity index (χ0n) is 14.7. The van der Waals surface area contributed by atoms with Crippen molar-refractivity contribution in [2.75, 3.05) is 20.8 Å². The molecule has 2 rings (SSSR count). The fourth-order valence-electron chi connectivity index (χ4n) is 2.37. The Balaban J connectivity index is 1.97. The lowest BCUT2D eigenvalue weighted by atomic mass is 10.1. The maximum atomic E-state index is 12.3. The van der Waals surface area contributed by atoms with Gasteiger partial charge in [0.05, 0.1) is 20.3 Å². The Hall–Kier alpha value is -2.73. The van der Waals surface area contributed by atoms with Crippen molar-refractivity contribution < 1.29 is 23.8 Å². The minimum atomic E-state index is -0.700. The number of benzene rings is 2. The normalized spacial score (nSPS) is 11.4. The number of methoxy groups -OCH3 is 2. The second kappa shape index (κ2) is 9.10. The summed E-state index contributed by atoms with van der Waals surface area (Å²) in [4.78, 5) is 24.4. The van der Waals surface area contributed by atoms with E-state index in [0.29, 0.717) is 16.5 Å². The van der Waals surface area contributed by atoms with Crippen LogP contribution in [0.3, 0.4) is 0 Å². The quantitative estimate of drug-likeness (QED) is 0.748. The first-order valence-corrected chi connectivity index (χ1v) is 8.27. The van der Waals surface area contributed by atoms with Gasteiger partial charge in [0.2, 0.25) is 0 Å². The van der Waals surface area contributed by atoms with Crippen LogP contribution in [0.2, 0.25) is 5.02 Å². The van der Waals surface area contributed by atoms with Crippen LogP contribution in [0.5, 0.6) is 11.5 Å². The van der Waals surface area contributed by atoms with E-state index in [4.69, 9.17) is 25.8 Å². The molecule has 0 aliphatic rings. The molecule has 0 fully saturated rings. The Labute approximate surface area is 157 Å². The van der Waals surface area contributed by atoms with E-state index in [2.05, 4.69) is 5.32 Å². The van der Waals surface area contributed by atoms with Gasteiger partial charge in [-0.2, -0.15) is 0 Å². The molecular weight excluding hydrogens is 358 g/mol. The van der Waals surface area contributed by atoms with Gasteiger partial charge >= 0.3 is 5.97 Å². The summed E-state index contributed by atoms with van der Waals surface area (Å²) >= 11 is 5.85. The van der Waals surface area contributed by atoms with Crippen molar-refractivity contribution in [2.24, 2.45) is 0 Å². The smallest absolute Gasteiger partial charge is 0.346 e. The highest BCUT2D eigenvalue weighted by Crippen LogP contribution is 2.28. The lowest BCUT2D eigenvalue weighted by molar-refractivity contribution is -0.124. The van der Waals surface area contributed by atoms with E-state index in [1.54, 1.807) is 30.3 Å². The summed E-state index contributed by atoms with van der Waals surface area (Å²) < 4.78 is 15.4. The number of ether oxygens (including phenoxy) is 3. The summed E-state index contributed by atoms with van der Waals surface area (Å²) in [6.45, 7) is 1.41. The monoisotopic (exact) mass is 377 g/mol. The van der Waals surface area contributed by atoms with Gasteiger partial charge in [-0.15, -0.1) is 0 Å². The van der Waals surface area contributed by atoms with Crippen molar-refractivity contribution in [3.05, 3.63) is 58.6 Å².